The smallest absolute Gasteiger partial charge is 0.253 e. The van der Waals surface area contributed by atoms with Gasteiger partial charge in [0.05, 0.1) is 0 Å². The molecule has 6 heteroatoms. The van der Waals surface area contributed by atoms with Crippen LogP contribution in [-0.2, 0) is 0 Å². The summed E-state index contributed by atoms with van der Waals surface area (Å²) in [5, 5.41) is 6.30. The molecule has 2 amide bonds. The van der Waals surface area contributed by atoms with Crippen LogP contribution in [0.15, 0.2) is 24.3 Å². The zero-order valence-corrected chi connectivity index (χ0v) is 15.7. The van der Waals surface area contributed by atoms with Crippen molar-refractivity contribution in [2.24, 2.45) is 5.41 Å². The molecule has 0 aliphatic carbocycles. The molecule has 0 saturated carbocycles. The predicted molar refractivity (Wildman–Crippen MR) is 101 cm³/mol. The monoisotopic (exact) mass is 365 g/mol. The average molecular weight is 366 g/mol. The number of carbonyl (C=O) groups is 2. The molecule has 0 unspecified atom stereocenters. The largest absolute Gasteiger partial charge is 0.352 e. The van der Waals surface area contributed by atoms with E-state index in [2.05, 4.69) is 10.6 Å². The Morgan fingerprint density at radius 3 is 2.56 bits per heavy atom. The van der Waals surface area contributed by atoms with E-state index in [0.717, 1.165) is 45.4 Å². The van der Waals surface area contributed by atoms with Gasteiger partial charge in [0.1, 0.15) is 0 Å². The van der Waals surface area contributed by atoms with Crippen molar-refractivity contribution in [2.45, 2.75) is 32.6 Å². The summed E-state index contributed by atoms with van der Waals surface area (Å²) in [6.07, 6.45) is 4.27. The van der Waals surface area contributed by atoms with E-state index in [0.29, 0.717) is 23.1 Å². The SMILES string of the molecule is CCCNC(=O)c1cccc(C(=O)N2CCC3(CCNC3)CC2)c1.Cl. The Bertz CT molecular complexity index is 604. The number of rotatable bonds is 4. The Labute approximate surface area is 155 Å². The van der Waals surface area contributed by atoms with E-state index in [1.807, 2.05) is 11.8 Å². The highest BCUT2D eigenvalue weighted by Gasteiger charge is 2.38. The molecule has 138 valence electrons. The molecule has 0 bridgehead atoms. The predicted octanol–water partition coefficient (Wildman–Crippen LogP) is 2.46. The molecule has 1 aromatic carbocycles. The second-order valence-electron chi connectivity index (χ2n) is 7.06. The van der Waals surface area contributed by atoms with E-state index in [4.69, 9.17) is 0 Å². The molecule has 2 fully saturated rings. The summed E-state index contributed by atoms with van der Waals surface area (Å²) in [6, 6.07) is 7.08. The van der Waals surface area contributed by atoms with Crippen LogP contribution in [0.3, 0.4) is 0 Å². The summed E-state index contributed by atoms with van der Waals surface area (Å²) >= 11 is 0. The van der Waals surface area contributed by atoms with E-state index < -0.39 is 0 Å². The number of nitrogens with one attached hydrogen (secondary N) is 2. The van der Waals surface area contributed by atoms with Crippen molar-refractivity contribution in [2.75, 3.05) is 32.7 Å². The number of nitrogens with zero attached hydrogens (tertiary/aromatic N) is 1. The maximum Gasteiger partial charge on any atom is 0.253 e. The summed E-state index contributed by atoms with van der Waals surface area (Å²) in [5.74, 6) is -0.0675. The number of hydrogen-bond acceptors (Lipinski definition) is 3. The van der Waals surface area contributed by atoms with E-state index in [1.54, 1.807) is 24.3 Å². The number of halogens is 1. The molecule has 1 spiro atoms. The molecule has 5 nitrogen and oxygen atoms in total. The van der Waals surface area contributed by atoms with Gasteiger partial charge in [-0.15, -0.1) is 12.4 Å². The summed E-state index contributed by atoms with van der Waals surface area (Å²) in [7, 11) is 0. The van der Waals surface area contributed by atoms with Crippen LogP contribution in [0.2, 0.25) is 0 Å². The molecule has 1 aromatic rings. The fourth-order valence-corrected chi connectivity index (χ4v) is 3.72. The van der Waals surface area contributed by atoms with Gasteiger partial charge in [0.2, 0.25) is 0 Å². The minimum absolute atomic E-state index is 0. The summed E-state index contributed by atoms with van der Waals surface area (Å²) in [4.78, 5) is 26.8. The van der Waals surface area contributed by atoms with Crippen LogP contribution >= 0.6 is 12.4 Å². The Balaban J connectivity index is 0.00000225. The van der Waals surface area contributed by atoms with Gasteiger partial charge in [-0.3, -0.25) is 9.59 Å². The zero-order valence-electron chi connectivity index (χ0n) is 14.8. The lowest BCUT2D eigenvalue weighted by atomic mass is 9.78. The van der Waals surface area contributed by atoms with Gasteiger partial charge in [-0.2, -0.15) is 0 Å². The summed E-state index contributed by atoms with van der Waals surface area (Å²) in [5.41, 5.74) is 1.57. The first kappa shape index (κ1) is 19.7. The third-order valence-corrected chi connectivity index (χ3v) is 5.35. The van der Waals surface area contributed by atoms with Gasteiger partial charge < -0.3 is 15.5 Å². The van der Waals surface area contributed by atoms with Crippen LogP contribution in [0.5, 0.6) is 0 Å². The third kappa shape index (κ3) is 4.53. The minimum atomic E-state index is -0.110. The van der Waals surface area contributed by atoms with Crippen LogP contribution in [0.4, 0.5) is 0 Å². The lowest BCUT2D eigenvalue weighted by molar-refractivity contribution is 0.0607. The zero-order chi connectivity index (χ0) is 17.0. The second-order valence-corrected chi connectivity index (χ2v) is 7.06. The number of amides is 2. The Morgan fingerprint density at radius 1 is 1.20 bits per heavy atom. The highest BCUT2D eigenvalue weighted by molar-refractivity contribution is 5.99. The van der Waals surface area contributed by atoms with E-state index in [9.17, 15) is 9.59 Å². The third-order valence-electron chi connectivity index (χ3n) is 5.35. The quantitative estimate of drug-likeness (QED) is 0.861. The van der Waals surface area contributed by atoms with Gasteiger partial charge in [-0.25, -0.2) is 0 Å². The molecule has 2 saturated heterocycles. The second kappa shape index (κ2) is 8.68. The fraction of sp³-hybridized carbons (Fsp3) is 0.579. The molecular weight excluding hydrogens is 338 g/mol. The Morgan fingerprint density at radius 2 is 1.92 bits per heavy atom. The van der Waals surface area contributed by atoms with Crippen molar-refractivity contribution < 1.29 is 9.59 Å². The maximum absolute atomic E-state index is 12.8. The van der Waals surface area contributed by atoms with Crippen molar-refractivity contribution in [3.05, 3.63) is 35.4 Å². The number of benzene rings is 1. The van der Waals surface area contributed by atoms with Gasteiger partial charge >= 0.3 is 0 Å². The Hall–Kier alpha value is -1.59. The van der Waals surface area contributed by atoms with Crippen LogP contribution in [0.1, 0.15) is 53.3 Å². The molecule has 25 heavy (non-hydrogen) atoms. The van der Waals surface area contributed by atoms with Crippen LogP contribution in [-0.4, -0.2) is 49.4 Å². The highest BCUT2D eigenvalue weighted by atomic mass is 35.5. The topological polar surface area (TPSA) is 61.4 Å². The maximum atomic E-state index is 12.8. The van der Waals surface area contributed by atoms with Gasteiger partial charge in [0.25, 0.3) is 11.8 Å². The molecule has 0 radical (unpaired) electrons. The van der Waals surface area contributed by atoms with Gasteiger partial charge in [0, 0.05) is 37.3 Å². The lowest BCUT2D eigenvalue weighted by Gasteiger charge is -2.38. The van der Waals surface area contributed by atoms with Crippen molar-refractivity contribution in [1.29, 1.82) is 0 Å². The number of likely N-dealkylation sites (tertiary alicyclic amines) is 1. The number of hydrogen-bond donors (Lipinski definition) is 2. The Kier molecular flexibility index (Phi) is 6.85. The van der Waals surface area contributed by atoms with E-state index in [1.165, 1.54) is 6.42 Å². The van der Waals surface area contributed by atoms with Gasteiger partial charge in [0.15, 0.2) is 0 Å². The standard InChI is InChI=1S/C19H27N3O2.ClH/c1-2-9-21-17(23)15-4-3-5-16(13-15)18(24)22-11-7-19(8-12-22)6-10-20-14-19;/h3-5,13,20H,2,6-12,14H2,1H3,(H,21,23);1H. The number of piperidine rings is 1. The molecule has 2 N–H and O–H groups in total. The first-order chi connectivity index (χ1) is 11.6. The number of carbonyl (C=O) groups excluding carboxylic acids is 2. The first-order valence-corrected chi connectivity index (χ1v) is 9.02. The van der Waals surface area contributed by atoms with Gasteiger partial charge in [-0.05, 0) is 55.8 Å². The average Bonchev–Trinajstić information content (AvgIpc) is 3.08. The summed E-state index contributed by atoms with van der Waals surface area (Å²) in [6.45, 7) is 6.48. The van der Waals surface area contributed by atoms with E-state index >= 15 is 0 Å². The molecular formula is C19H28ClN3O2. The molecule has 3 rings (SSSR count). The molecule has 2 aliphatic heterocycles. The lowest BCUT2D eigenvalue weighted by Crippen LogP contribution is -2.44. The molecule has 2 aliphatic rings. The van der Waals surface area contributed by atoms with Crippen molar-refractivity contribution in [3.8, 4) is 0 Å². The summed E-state index contributed by atoms with van der Waals surface area (Å²) < 4.78 is 0. The molecule has 2 heterocycles. The molecule has 0 aromatic heterocycles. The van der Waals surface area contributed by atoms with Crippen LogP contribution in [0.25, 0.3) is 0 Å². The minimum Gasteiger partial charge on any atom is -0.352 e. The van der Waals surface area contributed by atoms with Crippen molar-refractivity contribution >= 4 is 24.2 Å². The molecule has 0 atom stereocenters. The highest BCUT2D eigenvalue weighted by Crippen LogP contribution is 2.37. The van der Waals surface area contributed by atoms with Gasteiger partial charge in [-0.1, -0.05) is 13.0 Å². The van der Waals surface area contributed by atoms with Crippen molar-refractivity contribution in [3.63, 3.8) is 0 Å². The van der Waals surface area contributed by atoms with Crippen molar-refractivity contribution in [1.82, 2.24) is 15.5 Å². The van der Waals surface area contributed by atoms with Crippen LogP contribution < -0.4 is 10.6 Å². The van der Waals surface area contributed by atoms with Crippen LogP contribution in [0, 0.1) is 5.41 Å². The fourth-order valence-electron chi connectivity index (χ4n) is 3.72. The van der Waals surface area contributed by atoms with E-state index in [-0.39, 0.29) is 24.2 Å². The first-order valence-electron chi connectivity index (χ1n) is 9.02. The normalized spacial score (nSPS) is 18.7.